The van der Waals surface area contributed by atoms with Gasteiger partial charge in [0.15, 0.2) is 0 Å². The number of carbonyl (C=O) groups is 1. The molecule has 2 aromatic carbocycles. The molecule has 4 heteroatoms. The topological polar surface area (TPSA) is 29.1 Å². The van der Waals surface area contributed by atoms with Gasteiger partial charge in [0.1, 0.15) is 0 Å². The molecule has 2 rings (SSSR count). The Morgan fingerprint density at radius 1 is 1.22 bits per heavy atom. The molecule has 1 amide bonds. The molecule has 0 bridgehead atoms. The average molecular weight is 369 g/mol. The molecular formula is C14H12INOS. The van der Waals surface area contributed by atoms with Gasteiger partial charge in [-0.05, 0) is 59.3 Å². The number of halogens is 1. The summed E-state index contributed by atoms with van der Waals surface area (Å²) in [5.41, 5.74) is 2.42. The Labute approximate surface area is 125 Å². The lowest BCUT2D eigenvalue weighted by molar-refractivity contribution is 0.102. The maximum Gasteiger partial charge on any atom is 0.255 e. The van der Waals surface area contributed by atoms with Crippen LogP contribution >= 0.6 is 35.2 Å². The molecule has 0 aliphatic heterocycles. The van der Waals surface area contributed by atoms with Crippen LogP contribution in [0.3, 0.4) is 0 Å². The van der Waals surface area contributed by atoms with Crippen molar-refractivity contribution in [1.82, 2.24) is 0 Å². The highest BCUT2D eigenvalue weighted by molar-refractivity contribution is 14.1. The first-order chi connectivity index (χ1) is 8.58. The van der Waals surface area contributed by atoms with Gasteiger partial charge in [0.05, 0.1) is 5.69 Å². The van der Waals surface area contributed by atoms with Crippen LogP contribution in [0.1, 0.15) is 15.9 Å². The first kappa shape index (κ1) is 13.4. The quantitative estimate of drug-likeness (QED) is 0.605. The Balaban J connectivity index is 2.28. The van der Waals surface area contributed by atoms with Crippen LogP contribution in [0.15, 0.2) is 47.4 Å². The number of hydrogen-bond donors (Lipinski definition) is 2. The summed E-state index contributed by atoms with van der Waals surface area (Å²) in [6.45, 7) is 1.91. The number of amides is 1. The fraction of sp³-hybridized carbons (Fsp3) is 0.0714. The summed E-state index contributed by atoms with van der Waals surface area (Å²) in [6.07, 6.45) is 0. The third kappa shape index (κ3) is 3.05. The lowest BCUT2D eigenvalue weighted by Gasteiger charge is -2.09. The molecular weight excluding hydrogens is 357 g/mol. The van der Waals surface area contributed by atoms with E-state index >= 15 is 0 Å². The highest BCUT2D eigenvalue weighted by Gasteiger charge is 2.10. The number of carbonyl (C=O) groups excluding carboxylic acids is 1. The zero-order valence-electron chi connectivity index (χ0n) is 9.77. The zero-order chi connectivity index (χ0) is 13.1. The number of benzene rings is 2. The van der Waals surface area contributed by atoms with E-state index in [9.17, 15) is 4.79 Å². The van der Waals surface area contributed by atoms with E-state index in [1.54, 1.807) is 6.07 Å². The molecule has 92 valence electrons. The number of para-hydroxylation sites is 1. The Morgan fingerprint density at radius 3 is 2.67 bits per heavy atom. The highest BCUT2D eigenvalue weighted by atomic mass is 127. The standard InChI is InChI=1S/C14H12INOS/c1-9-6-7-10(18)8-11(9)14(17)16-13-5-3-2-4-12(13)15/h2-8,18H,1H3,(H,16,17). The first-order valence-electron chi connectivity index (χ1n) is 5.43. The van der Waals surface area contributed by atoms with E-state index < -0.39 is 0 Å². The van der Waals surface area contributed by atoms with E-state index in [1.807, 2.05) is 43.3 Å². The third-order valence-electron chi connectivity index (χ3n) is 2.59. The Bertz CT molecular complexity index is 598. The van der Waals surface area contributed by atoms with Crippen molar-refractivity contribution in [3.8, 4) is 0 Å². The van der Waals surface area contributed by atoms with Gasteiger partial charge >= 0.3 is 0 Å². The lowest BCUT2D eigenvalue weighted by Crippen LogP contribution is -2.14. The number of rotatable bonds is 2. The number of aryl methyl sites for hydroxylation is 1. The fourth-order valence-corrected chi connectivity index (χ4v) is 2.33. The van der Waals surface area contributed by atoms with E-state index in [0.29, 0.717) is 5.56 Å². The summed E-state index contributed by atoms with van der Waals surface area (Å²) in [6, 6.07) is 13.2. The zero-order valence-corrected chi connectivity index (χ0v) is 12.8. The van der Waals surface area contributed by atoms with Crippen molar-refractivity contribution in [1.29, 1.82) is 0 Å². The normalized spacial score (nSPS) is 10.2. The number of thiol groups is 1. The Kier molecular flexibility index (Phi) is 4.29. The smallest absolute Gasteiger partial charge is 0.255 e. The van der Waals surface area contributed by atoms with Crippen molar-refractivity contribution < 1.29 is 4.79 Å². The molecule has 0 unspecified atom stereocenters. The molecule has 0 aliphatic rings. The second-order valence-electron chi connectivity index (χ2n) is 3.93. The maximum atomic E-state index is 12.2. The molecule has 2 nitrogen and oxygen atoms in total. The summed E-state index contributed by atoms with van der Waals surface area (Å²) >= 11 is 6.46. The molecule has 0 saturated heterocycles. The van der Waals surface area contributed by atoms with Crippen LogP contribution in [0.4, 0.5) is 5.69 Å². The molecule has 0 aliphatic carbocycles. The minimum Gasteiger partial charge on any atom is -0.321 e. The Morgan fingerprint density at radius 2 is 1.94 bits per heavy atom. The summed E-state index contributed by atoms with van der Waals surface area (Å²) in [5, 5.41) is 2.91. The predicted octanol–water partition coefficient (Wildman–Crippen LogP) is 4.14. The molecule has 0 atom stereocenters. The predicted molar refractivity (Wildman–Crippen MR) is 85.5 cm³/mol. The van der Waals surface area contributed by atoms with E-state index in [2.05, 4.69) is 40.5 Å². The monoisotopic (exact) mass is 369 g/mol. The van der Waals surface area contributed by atoms with E-state index in [4.69, 9.17) is 0 Å². The van der Waals surface area contributed by atoms with Gasteiger partial charge in [-0.3, -0.25) is 4.79 Å². The molecule has 0 radical (unpaired) electrons. The lowest BCUT2D eigenvalue weighted by atomic mass is 10.1. The van der Waals surface area contributed by atoms with Crippen molar-refractivity contribution in [3.63, 3.8) is 0 Å². The fourth-order valence-electron chi connectivity index (χ4n) is 1.61. The van der Waals surface area contributed by atoms with Gasteiger partial charge in [0, 0.05) is 14.0 Å². The number of hydrogen-bond acceptors (Lipinski definition) is 2. The first-order valence-corrected chi connectivity index (χ1v) is 6.96. The van der Waals surface area contributed by atoms with Gasteiger partial charge < -0.3 is 5.32 Å². The summed E-state index contributed by atoms with van der Waals surface area (Å²) in [5.74, 6) is -0.104. The highest BCUT2D eigenvalue weighted by Crippen LogP contribution is 2.20. The average Bonchev–Trinajstić information content (AvgIpc) is 2.35. The van der Waals surface area contributed by atoms with Crippen molar-refractivity contribution in [3.05, 3.63) is 57.2 Å². The summed E-state index contributed by atoms with van der Waals surface area (Å²) in [4.78, 5) is 13.0. The largest absolute Gasteiger partial charge is 0.321 e. The molecule has 1 N–H and O–H groups in total. The van der Waals surface area contributed by atoms with Crippen LogP contribution in [-0.4, -0.2) is 5.91 Å². The van der Waals surface area contributed by atoms with Crippen LogP contribution in [0, 0.1) is 10.5 Å². The number of anilines is 1. The SMILES string of the molecule is Cc1ccc(S)cc1C(=O)Nc1ccccc1I. The van der Waals surface area contributed by atoms with E-state index in [0.717, 1.165) is 19.7 Å². The Hall–Kier alpha value is -1.01. The van der Waals surface area contributed by atoms with Gasteiger partial charge in [0.25, 0.3) is 5.91 Å². The third-order valence-corrected chi connectivity index (χ3v) is 3.81. The van der Waals surface area contributed by atoms with E-state index in [1.165, 1.54) is 0 Å². The minimum atomic E-state index is -0.104. The summed E-state index contributed by atoms with van der Waals surface area (Å²) in [7, 11) is 0. The van der Waals surface area contributed by atoms with Crippen LogP contribution in [0.25, 0.3) is 0 Å². The van der Waals surface area contributed by atoms with Crippen LogP contribution < -0.4 is 5.32 Å². The van der Waals surface area contributed by atoms with Crippen LogP contribution in [0.2, 0.25) is 0 Å². The van der Waals surface area contributed by atoms with Crippen molar-refractivity contribution >= 4 is 46.8 Å². The van der Waals surface area contributed by atoms with Gasteiger partial charge in [-0.25, -0.2) is 0 Å². The van der Waals surface area contributed by atoms with Crippen molar-refractivity contribution in [2.24, 2.45) is 0 Å². The maximum absolute atomic E-state index is 12.2. The summed E-state index contributed by atoms with van der Waals surface area (Å²) < 4.78 is 1.02. The van der Waals surface area contributed by atoms with E-state index in [-0.39, 0.29) is 5.91 Å². The van der Waals surface area contributed by atoms with Crippen LogP contribution in [0.5, 0.6) is 0 Å². The molecule has 0 fully saturated rings. The van der Waals surface area contributed by atoms with Crippen LogP contribution in [-0.2, 0) is 0 Å². The van der Waals surface area contributed by atoms with Gasteiger partial charge in [-0.15, -0.1) is 12.6 Å². The molecule has 0 spiro atoms. The van der Waals surface area contributed by atoms with Gasteiger partial charge in [-0.2, -0.15) is 0 Å². The second kappa shape index (κ2) is 5.75. The minimum absolute atomic E-state index is 0.104. The molecule has 0 aromatic heterocycles. The van der Waals surface area contributed by atoms with Gasteiger partial charge in [0.2, 0.25) is 0 Å². The molecule has 0 heterocycles. The molecule has 2 aromatic rings. The number of nitrogens with one attached hydrogen (secondary N) is 1. The van der Waals surface area contributed by atoms with Crippen molar-refractivity contribution in [2.45, 2.75) is 11.8 Å². The van der Waals surface area contributed by atoms with Crippen molar-refractivity contribution in [2.75, 3.05) is 5.32 Å². The second-order valence-corrected chi connectivity index (χ2v) is 5.61. The van der Waals surface area contributed by atoms with Gasteiger partial charge in [-0.1, -0.05) is 18.2 Å². The molecule has 18 heavy (non-hydrogen) atoms. The molecule has 0 saturated carbocycles.